The molecule has 0 spiro atoms. The summed E-state index contributed by atoms with van der Waals surface area (Å²) >= 11 is 0. The van der Waals surface area contributed by atoms with Gasteiger partial charge in [0.1, 0.15) is 0 Å². The standard InChI is InChI=1S/C12H26O6/c1-6-10(14)8-18-12(17-5,7-9(2)13)11(3,15)16-4/h9-10,13-15H,6-8H2,1-5H3. The highest BCUT2D eigenvalue weighted by Gasteiger charge is 2.50. The predicted octanol–water partition coefficient (Wildman–Crippen LogP) is 0.242. The van der Waals surface area contributed by atoms with Gasteiger partial charge in [-0.05, 0) is 20.3 Å². The Morgan fingerprint density at radius 2 is 1.72 bits per heavy atom. The molecule has 110 valence electrons. The van der Waals surface area contributed by atoms with E-state index in [0.29, 0.717) is 6.42 Å². The zero-order valence-electron chi connectivity index (χ0n) is 11.8. The topological polar surface area (TPSA) is 88.4 Å². The zero-order valence-corrected chi connectivity index (χ0v) is 11.8. The van der Waals surface area contributed by atoms with E-state index in [4.69, 9.17) is 14.2 Å². The fourth-order valence-corrected chi connectivity index (χ4v) is 1.61. The van der Waals surface area contributed by atoms with Crippen LogP contribution in [0.1, 0.15) is 33.6 Å². The molecule has 0 aromatic rings. The highest BCUT2D eigenvalue weighted by molar-refractivity contribution is 4.86. The molecule has 6 nitrogen and oxygen atoms in total. The molecule has 0 saturated heterocycles. The first-order chi connectivity index (χ1) is 8.24. The second-order valence-corrected chi connectivity index (χ2v) is 4.57. The molecular weight excluding hydrogens is 240 g/mol. The Hall–Kier alpha value is -0.240. The summed E-state index contributed by atoms with van der Waals surface area (Å²) in [5, 5.41) is 29.2. The minimum atomic E-state index is -1.74. The molecule has 0 saturated carbocycles. The molecule has 0 amide bonds. The van der Waals surface area contributed by atoms with Crippen molar-refractivity contribution in [2.45, 2.75) is 57.4 Å². The molecule has 18 heavy (non-hydrogen) atoms. The second-order valence-electron chi connectivity index (χ2n) is 4.57. The van der Waals surface area contributed by atoms with E-state index >= 15 is 0 Å². The first-order valence-electron chi connectivity index (χ1n) is 6.07. The molecule has 0 aromatic carbocycles. The van der Waals surface area contributed by atoms with Crippen molar-refractivity contribution >= 4 is 0 Å². The first kappa shape index (κ1) is 17.8. The van der Waals surface area contributed by atoms with Crippen molar-refractivity contribution in [1.29, 1.82) is 0 Å². The number of aliphatic hydroxyl groups excluding tert-OH is 2. The number of methoxy groups -OCH3 is 2. The molecule has 0 bridgehead atoms. The maximum atomic E-state index is 10.2. The van der Waals surface area contributed by atoms with Gasteiger partial charge in [-0.2, -0.15) is 0 Å². The lowest BCUT2D eigenvalue weighted by Crippen LogP contribution is -2.58. The quantitative estimate of drug-likeness (QED) is 0.518. The van der Waals surface area contributed by atoms with E-state index < -0.39 is 23.8 Å². The van der Waals surface area contributed by atoms with Crippen LogP contribution in [0.25, 0.3) is 0 Å². The van der Waals surface area contributed by atoms with Crippen LogP contribution >= 0.6 is 0 Å². The van der Waals surface area contributed by atoms with Crippen molar-refractivity contribution in [3.63, 3.8) is 0 Å². The third-order valence-corrected chi connectivity index (χ3v) is 2.98. The maximum absolute atomic E-state index is 10.2. The van der Waals surface area contributed by atoms with Crippen molar-refractivity contribution in [1.82, 2.24) is 0 Å². The van der Waals surface area contributed by atoms with Gasteiger partial charge in [0.05, 0.1) is 18.8 Å². The first-order valence-corrected chi connectivity index (χ1v) is 6.07. The van der Waals surface area contributed by atoms with E-state index in [-0.39, 0.29) is 13.0 Å². The van der Waals surface area contributed by atoms with Crippen LogP contribution in [0.2, 0.25) is 0 Å². The molecule has 4 unspecified atom stereocenters. The van der Waals surface area contributed by atoms with Crippen LogP contribution in [-0.4, -0.2) is 59.9 Å². The van der Waals surface area contributed by atoms with Crippen molar-refractivity contribution in [3.05, 3.63) is 0 Å². The van der Waals surface area contributed by atoms with Crippen LogP contribution in [0.3, 0.4) is 0 Å². The summed E-state index contributed by atoms with van der Waals surface area (Å²) < 4.78 is 15.7. The second kappa shape index (κ2) is 7.37. The van der Waals surface area contributed by atoms with E-state index in [9.17, 15) is 15.3 Å². The van der Waals surface area contributed by atoms with Crippen molar-refractivity contribution < 1.29 is 29.5 Å². The lowest BCUT2D eigenvalue weighted by Gasteiger charge is -2.43. The smallest absolute Gasteiger partial charge is 0.225 e. The van der Waals surface area contributed by atoms with E-state index in [2.05, 4.69) is 0 Å². The van der Waals surface area contributed by atoms with Gasteiger partial charge in [0.25, 0.3) is 0 Å². The highest BCUT2D eigenvalue weighted by atomic mass is 16.8. The SMILES string of the molecule is CCC(O)COC(CC(C)O)(OC)C(C)(O)OC. The minimum Gasteiger partial charge on any atom is -0.393 e. The predicted molar refractivity (Wildman–Crippen MR) is 65.9 cm³/mol. The van der Waals surface area contributed by atoms with Gasteiger partial charge in [0.15, 0.2) is 0 Å². The summed E-state index contributed by atoms with van der Waals surface area (Å²) in [6, 6.07) is 0. The van der Waals surface area contributed by atoms with Crippen LogP contribution in [0, 0.1) is 0 Å². The monoisotopic (exact) mass is 266 g/mol. The number of hydrogen-bond acceptors (Lipinski definition) is 6. The largest absolute Gasteiger partial charge is 0.393 e. The third kappa shape index (κ3) is 4.46. The van der Waals surface area contributed by atoms with Crippen molar-refractivity contribution in [3.8, 4) is 0 Å². The summed E-state index contributed by atoms with van der Waals surface area (Å²) in [7, 11) is 2.67. The van der Waals surface area contributed by atoms with Gasteiger partial charge in [-0.1, -0.05) is 6.92 Å². The van der Waals surface area contributed by atoms with Crippen LogP contribution in [0.15, 0.2) is 0 Å². The molecule has 0 aliphatic heterocycles. The summed E-state index contributed by atoms with van der Waals surface area (Å²) in [6.45, 7) is 4.73. The lowest BCUT2D eigenvalue weighted by molar-refractivity contribution is -0.388. The Morgan fingerprint density at radius 1 is 1.17 bits per heavy atom. The molecule has 0 aliphatic carbocycles. The third-order valence-electron chi connectivity index (χ3n) is 2.98. The van der Waals surface area contributed by atoms with E-state index in [1.807, 2.05) is 6.92 Å². The number of aliphatic hydroxyl groups is 3. The molecule has 6 heteroatoms. The molecule has 0 aromatic heterocycles. The normalized spacial score (nSPS) is 22.0. The average Bonchev–Trinajstić information content (AvgIpc) is 2.33. The Bertz CT molecular complexity index is 231. The van der Waals surface area contributed by atoms with Gasteiger partial charge in [0, 0.05) is 20.6 Å². The molecular formula is C12H26O6. The zero-order chi connectivity index (χ0) is 14.4. The number of hydrogen-bond donors (Lipinski definition) is 3. The molecule has 3 N–H and O–H groups in total. The molecule has 4 atom stereocenters. The molecule has 0 aliphatic rings. The van der Waals surface area contributed by atoms with Crippen LogP contribution in [0.4, 0.5) is 0 Å². The highest BCUT2D eigenvalue weighted by Crippen LogP contribution is 2.33. The van der Waals surface area contributed by atoms with Gasteiger partial charge in [-0.3, -0.25) is 0 Å². The summed E-state index contributed by atoms with van der Waals surface area (Å²) in [5.74, 6) is -3.28. The Morgan fingerprint density at radius 3 is 2.06 bits per heavy atom. The van der Waals surface area contributed by atoms with Crippen LogP contribution in [-0.2, 0) is 14.2 Å². The van der Waals surface area contributed by atoms with Crippen molar-refractivity contribution in [2.75, 3.05) is 20.8 Å². The molecule has 0 rings (SSSR count). The Labute approximate surface area is 108 Å². The summed E-state index contributed by atoms with van der Waals surface area (Å²) in [6.07, 6.45) is -0.892. The van der Waals surface area contributed by atoms with E-state index in [0.717, 1.165) is 0 Å². The molecule has 0 fully saturated rings. The van der Waals surface area contributed by atoms with Crippen molar-refractivity contribution in [2.24, 2.45) is 0 Å². The molecule has 0 heterocycles. The fourth-order valence-electron chi connectivity index (χ4n) is 1.61. The van der Waals surface area contributed by atoms with E-state index in [1.54, 1.807) is 6.92 Å². The van der Waals surface area contributed by atoms with Gasteiger partial charge in [0.2, 0.25) is 11.6 Å². The lowest BCUT2D eigenvalue weighted by atomic mass is 10.00. The summed E-state index contributed by atoms with van der Waals surface area (Å²) in [5.41, 5.74) is 0. The molecule has 0 radical (unpaired) electrons. The fraction of sp³-hybridized carbons (Fsp3) is 1.00. The van der Waals surface area contributed by atoms with E-state index in [1.165, 1.54) is 21.1 Å². The van der Waals surface area contributed by atoms with Crippen LogP contribution in [0.5, 0.6) is 0 Å². The Kier molecular flexibility index (Phi) is 7.28. The van der Waals surface area contributed by atoms with Gasteiger partial charge < -0.3 is 29.5 Å². The number of ether oxygens (including phenoxy) is 3. The van der Waals surface area contributed by atoms with Gasteiger partial charge in [-0.25, -0.2) is 0 Å². The Balaban J connectivity index is 4.99. The minimum absolute atomic E-state index is 0.0147. The van der Waals surface area contributed by atoms with Gasteiger partial charge >= 0.3 is 0 Å². The average molecular weight is 266 g/mol. The summed E-state index contributed by atoms with van der Waals surface area (Å²) in [4.78, 5) is 0. The maximum Gasteiger partial charge on any atom is 0.225 e. The van der Waals surface area contributed by atoms with Gasteiger partial charge in [-0.15, -0.1) is 0 Å². The number of rotatable bonds is 9. The van der Waals surface area contributed by atoms with Crippen LogP contribution < -0.4 is 0 Å².